The summed E-state index contributed by atoms with van der Waals surface area (Å²) in [5, 5.41) is 13.0. The molecular weight excluding hydrogens is 371 g/mol. The van der Waals surface area contributed by atoms with Crippen LogP contribution in [0.5, 0.6) is 0 Å². The summed E-state index contributed by atoms with van der Waals surface area (Å²) in [6.45, 7) is 3.68. The van der Waals surface area contributed by atoms with Crippen LogP contribution in [0, 0.1) is 5.82 Å². The monoisotopic (exact) mass is 395 g/mol. The second kappa shape index (κ2) is 8.96. The number of halogens is 1. The minimum atomic E-state index is -0.583. The molecule has 0 aliphatic rings. The minimum Gasteiger partial charge on any atom is -0.341 e. The standard InChI is InChI=1S/C17H23FN6O2S/c1-10(23(4)5)14-21-22-17(24(14)13-8-6-12(18)7-9-13)27-11(2)15(25)20-16(26)19-3/h6-11H,1-5H3,(H2,19,20,25,26)/p+1/t10-,11-/m0/s1. The molecule has 0 radical (unpaired) electrons. The molecule has 3 N–H and O–H groups in total. The molecule has 0 aliphatic heterocycles. The van der Waals surface area contributed by atoms with Gasteiger partial charge in [-0.3, -0.25) is 14.7 Å². The highest BCUT2D eigenvalue weighted by Gasteiger charge is 2.26. The maximum Gasteiger partial charge on any atom is 0.321 e. The van der Waals surface area contributed by atoms with Crippen LogP contribution < -0.4 is 15.5 Å². The highest BCUT2D eigenvalue weighted by atomic mass is 32.2. The number of urea groups is 1. The maximum absolute atomic E-state index is 13.3. The van der Waals surface area contributed by atoms with E-state index in [-0.39, 0.29) is 11.9 Å². The van der Waals surface area contributed by atoms with E-state index in [0.717, 1.165) is 4.90 Å². The first-order chi connectivity index (χ1) is 12.7. The number of hydrogen-bond donors (Lipinski definition) is 3. The van der Waals surface area contributed by atoms with E-state index in [0.29, 0.717) is 16.7 Å². The van der Waals surface area contributed by atoms with Crippen molar-refractivity contribution in [2.24, 2.45) is 0 Å². The Bertz CT molecular complexity index is 808. The Morgan fingerprint density at radius 2 is 1.81 bits per heavy atom. The molecule has 27 heavy (non-hydrogen) atoms. The van der Waals surface area contributed by atoms with Gasteiger partial charge in [-0.15, -0.1) is 10.2 Å². The van der Waals surface area contributed by atoms with Crippen molar-refractivity contribution in [1.82, 2.24) is 25.4 Å². The molecule has 2 aromatic rings. The van der Waals surface area contributed by atoms with Gasteiger partial charge in [0.1, 0.15) is 11.9 Å². The number of nitrogens with zero attached hydrogens (tertiary/aromatic N) is 3. The molecule has 0 fully saturated rings. The predicted octanol–water partition coefficient (Wildman–Crippen LogP) is 0.548. The zero-order chi connectivity index (χ0) is 20.1. The third-order valence-corrected chi connectivity index (χ3v) is 5.15. The second-order valence-electron chi connectivity index (χ2n) is 6.28. The van der Waals surface area contributed by atoms with Gasteiger partial charge in [0.15, 0.2) is 11.0 Å². The van der Waals surface area contributed by atoms with Crippen LogP contribution >= 0.6 is 11.8 Å². The van der Waals surface area contributed by atoms with Gasteiger partial charge in [0.05, 0.1) is 19.3 Å². The number of carbonyl (C=O) groups is 2. The van der Waals surface area contributed by atoms with E-state index in [2.05, 4.69) is 20.8 Å². The highest BCUT2D eigenvalue weighted by Crippen LogP contribution is 2.27. The number of thioether (sulfide) groups is 1. The molecule has 0 aliphatic carbocycles. The molecular formula is C17H24FN6O2S+. The number of imide groups is 1. The molecule has 10 heteroatoms. The summed E-state index contributed by atoms with van der Waals surface area (Å²) >= 11 is 1.17. The molecule has 1 aromatic carbocycles. The van der Waals surface area contributed by atoms with Crippen LogP contribution in [-0.4, -0.2) is 53.1 Å². The maximum atomic E-state index is 13.3. The largest absolute Gasteiger partial charge is 0.341 e. The summed E-state index contributed by atoms with van der Waals surface area (Å²) < 4.78 is 15.2. The Morgan fingerprint density at radius 1 is 1.19 bits per heavy atom. The van der Waals surface area contributed by atoms with Gasteiger partial charge in [0, 0.05) is 12.7 Å². The van der Waals surface area contributed by atoms with E-state index >= 15 is 0 Å². The minimum absolute atomic E-state index is 0.0203. The fraction of sp³-hybridized carbons (Fsp3) is 0.412. The first kappa shape index (κ1) is 20.8. The summed E-state index contributed by atoms with van der Waals surface area (Å²) in [7, 11) is 5.43. The van der Waals surface area contributed by atoms with Crippen LogP contribution in [0.1, 0.15) is 25.7 Å². The molecule has 1 heterocycles. The summed E-state index contributed by atoms with van der Waals surface area (Å²) in [5.74, 6) is -0.0870. The van der Waals surface area contributed by atoms with Crippen LogP contribution in [0.2, 0.25) is 0 Å². The Balaban J connectivity index is 2.37. The lowest BCUT2D eigenvalue weighted by molar-refractivity contribution is -0.890. The lowest BCUT2D eigenvalue weighted by atomic mass is 10.2. The van der Waals surface area contributed by atoms with E-state index in [1.807, 2.05) is 25.6 Å². The third-order valence-electron chi connectivity index (χ3n) is 4.11. The molecule has 0 saturated heterocycles. The number of nitrogens with one attached hydrogen (secondary N) is 3. The lowest BCUT2D eigenvalue weighted by Crippen LogP contribution is -3.05. The molecule has 0 unspecified atom stereocenters. The lowest BCUT2D eigenvalue weighted by Gasteiger charge is -2.18. The molecule has 0 bridgehead atoms. The van der Waals surface area contributed by atoms with Crippen LogP contribution in [0.3, 0.4) is 0 Å². The molecule has 146 valence electrons. The summed E-state index contributed by atoms with van der Waals surface area (Å²) in [6, 6.07) is 5.45. The zero-order valence-corrected chi connectivity index (χ0v) is 16.7. The van der Waals surface area contributed by atoms with Crippen molar-refractivity contribution in [2.75, 3.05) is 21.1 Å². The SMILES string of the molecule is CNC(=O)NC(=O)[C@H](C)Sc1nnc([C@H](C)[NH+](C)C)n1-c1ccc(F)cc1. The van der Waals surface area contributed by atoms with Gasteiger partial charge in [-0.2, -0.15) is 0 Å². The molecule has 8 nitrogen and oxygen atoms in total. The van der Waals surface area contributed by atoms with Crippen molar-refractivity contribution in [3.8, 4) is 5.69 Å². The summed E-state index contributed by atoms with van der Waals surface area (Å²) in [5.41, 5.74) is 0.700. The number of aromatic nitrogens is 3. The Morgan fingerprint density at radius 3 is 2.37 bits per heavy atom. The fourth-order valence-corrected chi connectivity index (χ4v) is 3.09. The molecule has 0 spiro atoms. The third kappa shape index (κ3) is 5.04. The van der Waals surface area contributed by atoms with Gasteiger partial charge in [0.2, 0.25) is 5.91 Å². The number of rotatable bonds is 6. The van der Waals surface area contributed by atoms with E-state index in [1.54, 1.807) is 19.1 Å². The van der Waals surface area contributed by atoms with Crippen molar-refractivity contribution < 1.29 is 18.9 Å². The Kier molecular flexibility index (Phi) is 6.92. The Hall–Kier alpha value is -2.46. The van der Waals surface area contributed by atoms with Crippen LogP contribution in [0.25, 0.3) is 5.69 Å². The van der Waals surface area contributed by atoms with Crippen LogP contribution in [0.15, 0.2) is 29.4 Å². The van der Waals surface area contributed by atoms with Crippen molar-refractivity contribution in [3.63, 3.8) is 0 Å². The van der Waals surface area contributed by atoms with Gasteiger partial charge in [-0.1, -0.05) is 11.8 Å². The van der Waals surface area contributed by atoms with Crippen molar-refractivity contribution in [1.29, 1.82) is 0 Å². The van der Waals surface area contributed by atoms with Crippen molar-refractivity contribution >= 4 is 23.7 Å². The van der Waals surface area contributed by atoms with Gasteiger partial charge in [-0.25, -0.2) is 9.18 Å². The molecule has 0 saturated carbocycles. The van der Waals surface area contributed by atoms with Gasteiger partial charge in [-0.05, 0) is 38.1 Å². The van der Waals surface area contributed by atoms with E-state index in [4.69, 9.17) is 0 Å². The normalized spacial score (nSPS) is 13.3. The molecule has 1 aromatic heterocycles. The predicted molar refractivity (Wildman–Crippen MR) is 100 cm³/mol. The van der Waals surface area contributed by atoms with Crippen molar-refractivity contribution in [2.45, 2.75) is 30.3 Å². The molecule has 3 amide bonds. The van der Waals surface area contributed by atoms with Gasteiger partial charge < -0.3 is 10.2 Å². The van der Waals surface area contributed by atoms with Gasteiger partial charge >= 0.3 is 6.03 Å². The first-order valence-corrected chi connectivity index (χ1v) is 9.33. The molecule has 2 rings (SSSR count). The van der Waals surface area contributed by atoms with E-state index in [1.165, 1.54) is 30.9 Å². The average molecular weight is 395 g/mol. The molecule has 2 atom stereocenters. The number of hydrogen-bond acceptors (Lipinski definition) is 5. The number of carbonyl (C=O) groups excluding carboxylic acids is 2. The van der Waals surface area contributed by atoms with Crippen LogP contribution in [0.4, 0.5) is 9.18 Å². The van der Waals surface area contributed by atoms with Crippen LogP contribution in [-0.2, 0) is 4.79 Å². The first-order valence-electron chi connectivity index (χ1n) is 8.45. The van der Waals surface area contributed by atoms with Gasteiger partial charge in [0.25, 0.3) is 0 Å². The average Bonchev–Trinajstić information content (AvgIpc) is 3.04. The smallest absolute Gasteiger partial charge is 0.321 e. The number of benzene rings is 1. The zero-order valence-electron chi connectivity index (χ0n) is 15.9. The topological polar surface area (TPSA) is 93.3 Å². The second-order valence-corrected chi connectivity index (χ2v) is 7.59. The fourth-order valence-electron chi connectivity index (χ4n) is 2.22. The van der Waals surface area contributed by atoms with E-state index < -0.39 is 17.2 Å². The summed E-state index contributed by atoms with van der Waals surface area (Å²) in [4.78, 5) is 24.6. The number of amides is 3. The number of quaternary nitrogens is 1. The summed E-state index contributed by atoms with van der Waals surface area (Å²) in [6.07, 6.45) is 0. The van der Waals surface area contributed by atoms with Crippen molar-refractivity contribution in [3.05, 3.63) is 35.9 Å². The highest BCUT2D eigenvalue weighted by molar-refractivity contribution is 8.00. The van der Waals surface area contributed by atoms with E-state index in [9.17, 15) is 14.0 Å². The quantitative estimate of drug-likeness (QED) is 0.621. The Labute approximate surface area is 161 Å².